The molecule has 0 bridgehead atoms. The van der Waals surface area contributed by atoms with Gasteiger partial charge in [-0.1, -0.05) is 27.7 Å². The van der Waals surface area contributed by atoms with Crippen molar-refractivity contribution < 1.29 is 30.0 Å². The first-order valence-corrected chi connectivity index (χ1v) is 18.8. The van der Waals surface area contributed by atoms with Gasteiger partial charge in [0.25, 0.3) is 0 Å². The van der Waals surface area contributed by atoms with Gasteiger partial charge in [-0.25, -0.2) is 5.48 Å². The van der Waals surface area contributed by atoms with Crippen molar-refractivity contribution in [3.63, 3.8) is 0 Å². The van der Waals surface area contributed by atoms with Gasteiger partial charge in [0.2, 0.25) is 0 Å². The summed E-state index contributed by atoms with van der Waals surface area (Å²) in [6, 6.07) is 0.0889. The molecule has 0 unspecified atom stereocenters. The summed E-state index contributed by atoms with van der Waals surface area (Å²) in [6.45, 7) is 22.4. The largest absolute Gasteiger partial charge is 0.698 e. The zero-order chi connectivity index (χ0) is 22.3. The summed E-state index contributed by atoms with van der Waals surface area (Å²) in [6.07, 6.45) is 0. The van der Waals surface area contributed by atoms with Crippen LogP contribution in [0.15, 0.2) is 0 Å². The van der Waals surface area contributed by atoms with E-state index >= 15 is 0 Å². The van der Waals surface area contributed by atoms with E-state index in [0.717, 1.165) is 0 Å². The monoisotopic (exact) mass is 486 g/mol. The van der Waals surface area contributed by atoms with Crippen LogP contribution in [-0.4, -0.2) is 78.0 Å². The van der Waals surface area contributed by atoms with Gasteiger partial charge >= 0.3 is 35.7 Å². The molecule has 173 valence electrons. The average molecular weight is 487 g/mol. The quantitative estimate of drug-likeness (QED) is 0.347. The first-order valence-electron chi connectivity index (χ1n) is 10.4. The fraction of sp³-hybridized carbons (Fsp3) is 1.00. The predicted molar refractivity (Wildman–Crippen MR) is 118 cm³/mol. The van der Waals surface area contributed by atoms with E-state index in [1.54, 1.807) is 10.1 Å². The summed E-state index contributed by atoms with van der Waals surface area (Å²) in [5.74, 6) is 0. The molecule has 29 heavy (non-hydrogen) atoms. The molecule has 0 amide bonds. The van der Waals surface area contributed by atoms with Crippen molar-refractivity contribution in [1.82, 2.24) is 15.6 Å². The predicted octanol–water partition coefficient (Wildman–Crippen LogP) is 2.37. The fourth-order valence-corrected chi connectivity index (χ4v) is 16.8. The topological polar surface area (TPSA) is 83.1 Å². The maximum atomic E-state index is 6.49. The molecule has 1 heterocycles. The number of nitrogens with zero attached hydrogens (tertiary/aromatic N) is 2. The van der Waals surface area contributed by atoms with Gasteiger partial charge in [-0.2, -0.15) is 10.1 Å². The van der Waals surface area contributed by atoms with Crippen LogP contribution in [0, 0.1) is 0 Å². The molecule has 1 aliphatic heterocycles. The van der Waals surface area contributed by atoms with Crippen molar-refractivity contribution in [2.75, 3.05) is 26.2 Å². The van der Waals surface area contributed by atoms with Crippen LogP contribution in [0.3, 0.4) is 0 Å². The lowest BCUT2D eigenvalue weighted by Crippen LogP contribution is -2.68. The molecule has 10 nitrogen and oxygen atoms in total. The molecule has 14 heteroatoms. The lowest BCUT2D eigenvalue weighted by Gasteiger charge is -2.44. The van der Waals surface area contributed by atoms with Crippen LogP contribution >= 0.6 is 0 Å². The van der Waals surface area contributed by atoms with Gasteiger partial charge in [0.15, 0.2) is 0 Å². The molecule has 0 atom stereocenters. The first kappa shape index (κ1) is 27.5. The van der Waals surface area contributed by atoms with Crippen molar-refractivity contribution in [2.45, 2.75) is 73.8 Å². The minimum absolute atomic E-state index is 0.0889. The van der Waals surface area contributed by atoms with Gasteiger partial charge in [0, 0.05) is 32.2 Å². The molecular weight excluding hydrogens is 447 g/mol. The Balaban J connectivity index is 3.31. The Kier molecular flexibility index (Phi) is 11.3. The van der Waals surface area contributed by atoms with E-state index in [-0.39, 0.29) is 6.04 Å². The number of nitrogens with one attached hydrogen (secondary N) is 1. The van der Waals surface area contributed by atoms with Crippen molar-refractivity contribution in [3.05, 3.63) is 0 Å². The molecule has 0 aromatic carbocycles. The third kappa shape index (κ3) is 9.65. The highest BCUT2D eigenvalue weighted by Crippen LogP contribution is 2.29. The van der Waals surface area contributed by atoms with E-state index in [1.165, 1.54) is 0 Å². The van der Waals surface area contributed by atoms with Crippen LogP contribution in [-0.2, 0) is 30.0 Å². The summed E-state index contributed by atoms with van der Waals surface area (Å²) in [5, 5.41) is 3.53. The highest BCUT2D eigenvalue weighted by atomic mass is 28.5. The molecule has 0 aromatic heterocycles. The molecule has 0 spiro atoms. The van der Waals surface area contributed by atoms with E-state index in [9.17, 15) is 0 Å². The van der Waals surface area contributed by atoms with E-state index in [4.69, 9.17) is 30.0 Å². The van der Waals surface area contributed by atoms with E-state index in [0.29, 0.717) is 26.2 Å². The van der Waals surface area contributed by atoms with E-state index in [2.05, 4.69) is 5.48 Å². The minimum atomic E-state index is -3.74. The summed E-state index contributed by atoms with van der Waals surface area (Å²) < 4.78 is 43.7. The number of rotatable bonds is 11. The molecule has 1 radical (unpaired) electrons. The van der Waals surface area contributed by atoms with Gasteiger partial charge in [-0.05, 0) is 40.0 Å². The third-order valence-electron chi connectivity index (χ3n) is 3.67. The summed E-state index contributed by atoms with van der Waals surface area (Å²) in [4.78, 5) is 0. The van der Waals surface area contributed by atoms with Gasteiger partial charge in [0.1, 0.15) is 0 Å². The molecule has 0 saturated carbocycles. The summed E-state index contributed by atoms with van der Waals surface area (Å²) >= 11 is 0. The number of hydrogen-bond donors (Lipinski definition) is 1. The summed E-state index contributed by atoms with van der Waals surface area (Å²) in [7, 11) is -11.3. The van der Waals surface area contributed by atoms with Crippen LogP contribution < -0.4 is 5.48 Å². The maximum absolute atomic E-state index is 6.49. The smallest absolute Gasteiger partial charge is 0.416 e. The Bertz CT molecular complexity index is 469. The highest BCUT2D eigenvalue weighted by Gasteiger charge is 2.61. The Hall–Kier alpha value is 0.468. The fourth-order valence-electron chi connectivity index (χ4n) is 2.60. The van der Waals surface area contributed by atoms with Crippen LogP contribution in [0.2, 0.25) is 26.2 Å². The summed E-state index contributed by atoms with van der Waals surface area (Å²) in [5.41, 5.74) is 2.92. The van der Waals surface area contributed by atoms with Crippen molar-refractivity contribution in [2.24, 2.45) is 0 Å². The molecular formula is C15H40N3O7Si4. The molecule has 1 fully saturated rings. The third-order valence-corrected chi connectivity index (χ3v) is 16.1. The lowest BCUT2D eigenvalue weighted by molar-refractivity contribution is -0.201. The zero-order valence-corrected chi connectivity index (χ0v) is 23.7. The molecule has 0 aliphatic carbocycles. The van der Waals surface area contributed by atoms with Crippen LogP contribution in [0.4, 0.5) is 0 Å². The molecule has 0 aromatic rings. The second kappa shape index (κ2) is 11.9. The van der Waals surface area contributed by atoms with Crippen LogP contribution in [0.1, 0.15) is 41.5 Å². The minimum Gasteiger partial charge on any atom is -0.416 e. The number of hydrogen-bond acceptors (Lipinski definition) is 10. The Labute approximate surface area is 181 Å². The number of hydroxylamine groups is 5. The van der Waals surface area contributed by atoms with Gasteiger partial charge in [0.05, 0.1) is 0 Å². The Morgan fingerprint density at radius 2 is 1.28 bits per heavy atom. The van der Waals surface area contributed by atoms with Crippen LogP contribution in [0.5, 0.6) is 0 Å². The second-order valence-corrected chi connectivity index (χ2v) is 18.7. The van der Waals surface area contributed by atoms with Gasteiger partial charge in [-0.15, -0.1) is 0 Å². The van der Waals surface area contributed by atoms with Gasteiger partial charge in [-0.3, -0.25) is 13.6 Å². The SMILES string of the molecule is CCN(CC)O[Si]1(ON(CC)CC)O[Si](ONC(C)C)O[Si](C)(C)O[Si](C)(C)O1. The molecule has 1 N–H and O–H groups in total. The van der Waals surface area contributed by atoms with Crippen molar-refractivity contribution >= 4 is 35.7 Å². The maximum Gasteiger partial charge on any atom is 0.698 e. The zero-order valence-electron chi connectivity index (χ0n) is 19.7. The molecule has 1 aliphatic rings. The Morgan fingerprint density at radius 1 is 0.793 bits per heavy atom. The average Bonchev–Trinajstić information content (AvgIpc) is 2.59. The van der Waals surface area contributed by atoms with E-state index < -0.39 is 35.7 Å². The van der Waals surface area contributed by atoms with Crippen molar-refractivity contribution in [1.29, 1.82) is 0 Å². The van der Waals surface area contributed by atoms with Gasteiger partial charge < -0.3 is 16.5 Å². The second-order valence-electron chi connectivity index (χ2n) is 7.74. The molecule has 1 rings (SSSR count). The first-order chi connectivity index (χ1) is 13.4. The van der Waals surface area contributed by atoms with Crippen molar-refractivity contribution in [3.8, 4) is 0 Å². The van der Waals surface area contributed by atoms with Crippen LogP contribution in [0.25, 0.3) is 0 Å². The Morgan fingerprint density at radius 3 is 1.69 bits per heavy atom. The normalized spacial score (nSPS) is 22.2. The highest BCUT2D eigenvalue weighted by molar-refractivity contribution is 6.86. The van der Waals surface area contributed by atoms with E-state index in [1.807, 2.05) is 67.7 Å². The standard InChI is InChI=1S/C15H40N3O7Si4/c1-11-17(12-2)20-29(21-18(13-3)14-4)23-26(19-16-15(5)6)22-27(7,8)24-28(9,10)25-29/h15-16H,11-14H2,1-10H3. The lowest BCUT2D eigenvalue weighted by atomic mass is 10.4. The molecule has 1 saturated heterocycles.